The number of hydrogen-bond acceptors (Lipinski definition) is 6. The zero-order chi connectivity index (χ0) is 19.0. The van der Waals surface area contributed by atoms with E-state index in [2.05, 4.69) is 14.9 Å². The van der Waals surface area contributed by atoms with Gasteiger partial charge in [-0.1, -0.05) is 0 Å². The second kappa shape index (κ2) is 7.08. The van der Waals surface area contributed by atoms with Crippen molar-refractivity contribution < 1.29 is 14.6 Å². The zero-order valence-corrected chi connectivity index (χ0v) is 15.8. The molecule has 1 aliphatic heterocycles. The van der Waals surface area contributed by atoms with Crippen LogP contribution < -0.4 is 14.4 Å². The summed E-state index contributed by atoms with van der Waals surface area (Å²) in [4.78, 5) is 11.4. The number of benzene rings is 1. The van der Waals surface area contributed by atoms with E-state index < -0.39 is 0 Å². The van der Waals surface area contributed by atoms with Crippen molar-refractivity contribution in [1.29, 1.82) is 0 Å². The zero-order valence-electron chi connectivity index (χ0n) is 15.8. The molecule has 3 heterocycles. The Labute approximate surface area is 158 Å². The van der Waals surface area contributed by atoms with Crippen LogP contribution in [-0.2, 0) is 0 Å². The van der Waals surface area contributed by atoms with Crippen LogP contribution >= 0.6 is 0 Å². The third-order valence-electron chi connectivity index (χ3n) is 5.08. The standard InChI is InChI=1S/C20H24N4O3/c1-13-10-16(26-2)18(17(11-13)27-3)15-12-22-20-19(21-6-9-24(15)20)23-7-4-14(25)5-8-23/h6,9-12,14,25H,4-5,7-8H2,1-3H3. The molecular weight excluding hydrogens is 344 g/mol. The molecule has 0 aliphatic carbocycles. The maximum absolute atomic E-state index is 9.78. The van der Waals surface area contributed by atoms with Gasteiger partial charge in [0.15, 0.2) is 11.5 Å². The lowest BCUT2D eigenvalue weighted by Gasteiger charge is -2.30. The Morgan fingerprint density at radius 1 is 1.07 bits per heavy atom. The lowest BCUT2D eigenvalue weighted by molar-refractivity contribution is 0.145. The third-order valence-corrected chi connectivity index (χ3v) is 5.08. The Morgan fingerprint density at radius 2 is 1.74 bits per heavy atom. The van der Waals surface area contributed by atoms with Crippen molar-refractivity contribution in [3.8, 4) is 22.8 Å². The van der Waals surface area contributed by atoms with E-state index in [0.717, 1.165) is 65.7 Å². The third kappa shape index (κ3) is 3.08. The van der Waals surface area contributed by atoms with Crippen molar-refractivity contribution in [2.45, 2.75) is 25.9 Å². The average molecular weight is 368 g/mol. The van der Waals surface area contributed by atoms with Crippen LogP contribution in [0.25, 0.3) is 16.9 Å². The summed E-state index contributed by atoms with van der Waals surface area (Å²) in [6, 6.07) is 3.98. The van der Waals surface area contributed by atoms with E-state index in [1.54, 1.807) is 20.4 Å². The molecule has 7 nitrogen and oxygen atoms in total. The van der Waals surface area contributed by atoms with Crippen molar-refractivity contribution in [3.05, 3.63) is 36.3 Å². The van der Waals surface area contributed by atoms with Crippen LogP contribution in [0.1, 0.15) is 18.4 Å². The Morgan fingerprint density at radius 3 is 2.37 bits per heavy atom. The molecular formula is C20H24N4O3. The quantitative estimate of drug-likeness (QED) is 0.763. The van der Waals surface area contributed by atoms with E-state index in [-0.39, 0.29) is 6.10 Å². The van der Waals surface area contributed by atoms with Crippen molar-refractivity contribution in [2.75, 3.05) is 32.2 Å². The normalized spacial score (nSPS) is 15.3. The van der Waals surface area contributed by atoms with Crippen LogP contribution in [0.2, 0.25) is 0 Å². The summed E-state index contributed by atoms with van der Waals surface area (Å²) >= 11 is 0. The molecule has 7 heteroatoms. The van der Waals surface area contributed by atoms with Crippen molar-refractivity contribution in [1.82, 2.24) is 14.4 Å². The molecule has 0 saturated carbocycles. The number of aliphatic hydroxyl groups is 1. The molecule has 1 aliphatic rings. The van der Waals surface area contributed by atoms with E-state index in [1.165, 1.54) is 0 Å². The highest BCUT2D eigenvalue weighted by Gasteiger charge is 2.23. The number of hydrogen-bond donors (Lipinski definition) is 1. The molecule has 0 atom stereocenters. The molecule has 1 N–H and O–H groups in total. The van der Waals surface area contributed by atoms with Crippen LogP contribution in [0.15, 0.2) is 30.7 Å². The number of aromatic nitrogens is 3. The van der Waals surface area contributed by atoms with Gasteiger partial charge in [-0.2, -0.15) is 0 Å². The largest absolute Gasteiger partial charge is 0.496 e. The minimum Gasteiger partial charge on any atom is -0.496 e. The lowest BCUT2D eigenvalue weighted by Crippen LogP contribution is -2.36. The molecule has 4 rings (SSSR count). The van der Waals surface area contributed by atoms with Crippen molar-refractivity contribution in [2.24, 2.45) is 0 Å². The maximum atomic E-state index is 9.78. The van der Waals surface area contributed by atoms with Crippen LogP contribution in [0.3, 0.4) is 0 Å². The van der Waals surface area contributed by atoms with Crippen LogP contribution in [-0.4, -0.2) is 52.9 Å². The number of anilines is 1. The number of aliphatic hydroxyl groups excluding tert-OH is 1. The first-order chi connectivity index (χ1) is 13.1. The highest BCUT2D eigenvalue weighted by molar-refractivity contribution is 5.79. The topological polar surface area (TPSA) is 72.1 Å². The first-order valence-corrected chi connectivity index (χ1v) is 9.10. The molecule has 1 aromatic carbocycles. The Hall–Kier alpha value is -2.80. The molecule has 2 aromatic heterocycles. The van der Waals surface area contributed by atoms with Gasteiger partial charge >= 0.3 is 0 Å². The number of methoxy groups -OCH3 is 2. The summed E-state index contributed by atoms with van der Waals surface area (Å²) < 4.78 is 13.3. The first-order valence-electron chi connectivity index (χ1n) is 9.10. The number of fused-ring (bicyclic) bond motifs is 1. The highest BCUT2D eigenvalue weighted by Crippen LogP contribution is 2.40. The number of piperidine rings is 1. The molecule has 1 saturated heterocycles. The molecule has 0 radical (unpaired) electrons. The Balaban J connectivity index is 1.85. The van der Waals surface area contributed by atoms with Gasteiger partial charge in [-0.25, -0.2) is 9.97 Å². The van der Waals surface area contributed by atoms with Gasteiger partial charge in [-0.05, 0) is 37.5 Å². The van der Waals surface area contributed by atoms with E-state index in [4.69, 9.17) is 9.47 Å². The molecule has 0 spiro atoms. The van der Waals surface area contributed by atoms with Crippen molar-refractivity contribution >= 4 is 11.5 Å². The molecule has 27 heavy (non-hydrogen) atoms. The molecule has 0 bridgehead atoms. The number of imidazole rings is 1. The monoisotopic (exact) mass is 368 g/mol. The molecule has 1 fully saturated rings. The predicted molar refractivity (Wildman–Crippen MR) is 104 cm³/mol. The van der Waals surface area contributed by atoms with Crippen LogP contribution in [0, 0.1) is 6.92 Å². The first kappa shape index (κ1) is 17.6. The fraction of sp³-hybridized carbons (Fsp3) is 0.400. The second-order valence-electron chi connectivity index (χ2n) is 6.85. The van der Waals surface area contributed by atoms with Gasteiger partial charge in [0, 0.05) is 25.5 Å². The smallest absolute Gasteiger partial charge is 0.180 e. The van der Waals surface area contributed by atoms with Gasteiger partial charge in [0.2, 0.25) is 0 Å². The molecule has 0 unspecified atom stereocenters. The maximum Gasteiger partial charge on any atom is 0.180 e. The van der Waals surface area contributed by atoms with Gasteiger partial charge < -0.3 is 19.5 Å². The van der Waals surface area contributed by atoms with Gasteiger partial charge in [-0.15, -0.1) is 0 Å². The Kier molecular flexibility index (Phi) is 4.61. The number of rotatable bonds is 4. The number of ether oxygens (including phenoxy) is 2. The second-order valence-corrected chi connectivity index (χ2v) is 6.85. The summed E-state index contributed by atoms with van der Waals surface area (Å²) in [5.41, 5.74) is 3.60. The number of aryl methyl sites for hydroxylation is 1. The SMILES string of the molecule is COc1cc(C)cc(OC)c1-c1cnc2c(N3CCC(O)CC3)nccn12. The molecule has 0 amide bonds. The summed E-state index contributed by atoms with van der Waals surface area (Å²) in [5.74, 6) is 2.32. The summed E-state index contributed by atoms with van der Waals surface area (Å²) in [6.07, 6.45) is 6.78. The number of nitrogens with zero attached hydrogens (tertiary/aromatic N) is 4. The highest BCUT2D eigenvalue weighted by atomic mass is 16.5. The van der Waals surface area contributed by atoms with Gasteiger partial charge in [0.1, 0.15) is 11.5 Å². The summed E-state index contributed by atoms with van der Waals surface area (Å²) in [5, 5.41) is 9.78. The van der Waals surface area contributed by atoms with Gasteiger partial charge in [0.25, 0.3) is 0 Å². The van der Waals surface area contributed by atoms with Gasteiger partial charge in [-0.3, -0.25) is 4.40 Å². The predicted octanol–water partition coefficient (Wildman–Crippen LogP) is 2.68. The summed E-state index contributed by atoms with van der Waals surface area (Å²) in [7, 11) is 3.32. The van der Waals surface area contributed by atoms with E-state index >= 15 is 0 Å². The lowest BCUT2D eigenvalue weighted by atomic mass is 10.1. The minimum atomic E-state index is -0.225. The van der Waals surface area contributed by atoms with E-state index in [0.29, 0.717) is 0 Å². The fourth-order valence-electron chi connectivity index (χ4n) is 3.69. The van der Waals surface area contributed by atoms with Gasteiger partial charge in [0.05, 0.1) is 37.8 Å². The summed E-state index contributed by atoms with van der Waals surface area (Å²) in [6.45, 7) is 3.55. The molecule has 3 aromatic rings. The van der Waals surface area contributed by atoms with Crippen LogP contribution in [0.4, 0.5) is 5.82 Å². The van der Waals surface area contributed by atoms with E-state index in [1.807, 2.05) is 35.9 Å². The minimum absolute atomic E-state index is 0.225. The fourth-order valence-corrected chi connectivity index (χ4v) is 3.69. The van der Waals surface area contributed by atoms with E-state index in [9.17, 15) is 5.11 Å². The van der Waals surface area contributed by atoms with Crippen LogP contribution in [0.5, 0.6) is 11.5 Å². The van der Waals surface area contributed by atoms with Crippen molar-refractivity contribution in [3.63, 3.8) is 0 Å². The Bertz CT molecular complexity index is 936. The molecule has 142 valence electrons. The average Bonchev–Trinajstić information content (AvgIpc) is 3.11.